The minimum Gasteiger partial charge on any atom is -0.439 e. The Kier molecular flexibility index (Phi) is 5.57. The third kappa shape index (κ3) is 4.02. The predicted octanol–water partition coefficient (Wildman–Crippen LogP) is 3.98. The molecule has 0 aliphatic carbocycles. The molecule has 6 nitrogen and oxygen atoms in total. The summed E-state index contributed by atoms with van der Waals surface area (Å²) in [5, 5.41) is 0. The summed E-state index contributed by atoms with van der Waals surface area (Å²) >= 11 is 0. The molecule has 28 heavy (non-hydrogen) atoms. The van der Waals surface area contributed by atoms with Crippen molar-refractivity contribution in [1.82, 2.24) is 14.9 Å². The van der Waals surface area contributed by atoms with Crippen LogP contribution in [-0.2, 0) is 9.53 Å². The summed E-state index contributed by atoms with van der Waals surface area (Å²) in [6.07, 6.45) is 3.48. The van der Waals surface area contributed by atoms with Gasteiger partial charge in [0.2, 0.25) is 11.8 Å². The molecule has 2 aliphatic rings. The Labute approximate surface area is 165 Å². The number of rotatable bonds is 4. The number of hydrogen-bond donors (Lipinski definition) is 0. The number of ether oxygens (including phenoxy) is 2. The Bertz CT molecular complexity index is 849. The Morgan fingerprint density at radius 1 is 1.14 bits per heavy atom. The minimum atomic E-state index is -0.0746. The first-order valence-corrected chi connectivity index (χ1v) is 10.1. The minimum absolute atomic E-state index is 0.0573. The van der Waals surface area contributed by atoms with Crippen molar-refractivity contribution < 1.29 is 14.3 Å². The number of likely N-dealkylation sites (tertiary alicyclic amines) is 1. The van der Waals surface area contributed by atoms with Crippen LogP contribution in [0, 0.1) is 19.8 Å². The van der Waals surface area contributed by atoms with Gasteiger partial charge in [-0.1, -0.05) is 18.2 Å². The highest BCUT2D eigenvalue weighted by atomic mass is 16.5. The zero-order chi connectivity index (χ0) is 19.5. The van der Waals surface area contributed by atoms with Gasteiger partial charge in [0.25, 0.3) is 0 Å². The molecule has 2 saturated heterocycles. The van der Waals surface area contributed by atoms with Crippen molar-refractivity contribution >= 4 is 5.91 Å². The summed E-state index contributed by atoms with van der Waals surface area (Å²) in [6.45, 7) is 6.06. The van der Waals surface area contributed by atoms with E-state index >= 15 is 0 Å². The standard InChI is InChI=1S/C22H27N3O3/c1-15-6-3-4-8-19(15)28-20-14-16(2)23-21(24-20)18-7-5-11-25(18)22(26)17-9-12-27-13-10-17/h3-4,6,8,14,17-18H,5,7,9-13H2,1-2H3. The largest absolute Gasteiger partial charge is 0.439 e. The number of hydrogen-bond acceptors (Lipinski definition) is 5. The second kappa shape index (κ2) is 8.27. The van der Waals surface area contributed by atoms with Crippen LogP contribution in [0.15, 0.2) is 30.3 Å². The molecule has 148 valence electrons. The normalized spacial score (nSPS) is 20.4. The van der Waals surface area contributed by atoms with Gasteiger partial charge in [-0.25, -0.2) is 4.98 Å². The summed E-state index contributed by atoms with van der Waals surface area (Å²) in [4.78, 5) is 24.4. The second-order valence-electron chi connectivity index (χ2n) is 7.65. The number of carbonyl (C=O) groups excluding carboxylic acids is 1. The lowest BCUT2D eigenvalue weighted by Crippen LogP contribution is -2.38. The van der Waals surface area contributed by atoms with Gasteiger partial charge >= 0.3 is 0 Å². The van der Waals surface area contributed by atoms with Gasteiger partial charge < -0.3 is 14.4 Å². The fourth-order valence-electron chi connectivity index (χ4n) is 4.02. The number of benzene rings is 1. The lowest BCUT2D eigenvalue weighted by molar-refractivity contribution is -0.139. The quantitative estimate of drug-likeness (QED) is 0.802. The average molecular weight is 381 g/mol. The summed E-state index contributed by atoms with van der Waals surface area (Å²) in [7, 11) is 0. The van der Waals surface area contributed by atoms with Crippen molar-refractivity contribution in [3.8, 4) is 11.6 Å². The van der Waals surface area contributed by atoms with E-state index in [1.165, 1.54) is 0 Å². The first-order chi connectivity index (χ1) is 13.6. The van der Waals surface area contributed by atoms with Crippen molar-refractivity contribution in [3.63, 3.8) is 0 Å². The van der Waals surface area contributed by atoms with Crippen molar-refractivity contribution in [3.05, 3.63) is 47.4 Å². The number of aryl methyl sites for hydroxylation is 2. The molecule has 6 heteroatoms. The maximum Gasteiger partial charge on any atom is 0.226 e. The Balaban J connectivity index is 1.56. The van der Waals surface area contributed by atoms with Gasteiger partial charge in [0.1, 0.15) is 5.75 Å². The van der Waals surface area contributed by atoms with Gasteiger partial charge in [-0.3, -0.25) is 4.79 Å². The molecule has 1 aromatic carbocycles. The topological polar surface area (TPSA) is 64.5 Å². The van der Waals surface area contributed by atoms with E-state index in [0.717, 1.165) is 49.2 Å². The molecule has 2 aromatic rings. The molecule has 0 bridgehead atoms. The van der Waals surface area contributed by atoms with Crippen LogP contribution in [-0.4, -0.2) is 40.5 Å². The first-order valence-electron chi connectivity index (χ1n) is 10.1. The molecule has 2 fully saturated rings. The number of amides is 1. The van der Waals surface area contributed by atoms with Crippen LogP contribution >= 0.6 is 0 Å². The average Bonchev–Trinajstić information content (AvgIpc) is 3.19. The lowest BCUT2D eigenvalue weighted by Gasteiger charge is -2.30. The van der Waals surface area contributed by atoms with Gasteiger partial charge in [0, 0.05) is 37.4 Å². The van der Waals surface area contributed by atoms with E-state index in [9.17, 15) is 4.79 Å². The molecule has 2 aliphatic heterocycles. The van der Waals surface area contributed by atoms with E-state index < -0.39 is 0 Å². The van der Waals surface area contributed by atoms with Crippen LogP contribution in [0.5, 0.6) is 11.6 Å². The molecule has 4 rings (SSSR count). The second-order valence-corrected chi connectivity index (χ2v) is 7.65. The van der Waals surface area contributed by atoms with Crippen LogP contribution in [0.2, 0.25) is 0 Å². The highest BCUT2D eigenvalue weighted by molar-refractivity contribution is 5.79. The maximum absolute atomic E-state index is 13.1. The van der Waals surface area contributed by atoms with E-state index in [4.69, 9.17) is 9.47 Å². The van der Waals surface area contributed by atoms with Crippen LogP contribution in [0.1, 0.15) is 48.8 Å². The molecular weight excluding hydrogens is 354 g/mol. The Morgan fingerprint density at radius 2 is 1.93 bits per heavy atom. The molecule has 0 saturated carbocycles. The lowest BCUT2D eigenvalue weighted by atomic mass is 9.98. The van der Waals surface area contributed by atoms with E-state index in [1.807, 2.05) is 49.1 Å². The van der Waals surface area contributed by atoms with Crippen molar-refractivity contribution in [1.29, 1.82) is 0 Å². The molecule has 1 unspecified atom stereocenters. The van der Waals surface area contributed by atoms with Gasteiger partial charge in [-0.2, -0.15) is 4.98 Å². The smallest absolute Gasteiger partial charge is 0.226 e. The number of nitrogens with zero attached hydrogens (tertiary/aromatic N) is 3. The van der Waals surface area contributed by atoms with E-state index in [1.54, 1.807) is 0 Å². The molecule has 1 aromatic heterocycles. The fourth-order valence-corrected chi connectivity index (χ4v) is 4.02. The van der Waals surface area contributed by atoms with Crippen molar-refractivity contribution in [2.45, 2.75) is 45.6 Å². The predicted molar refractivity (Wildman–Crippen MR) is 105 cm³/mol. The number of carbonyl (C=O) groups is 1. The van der Waals surface area contributed by atoms with E-state index in [2.05, 4.69) is 9.97 Å². The van der Waals surface area contributed by atoms with Crippen LogP contribution in [0.3, 0.4) is 0 Å². The van der Waals surface area contributed by atoms with Gasteiger partial charge in [0.05, 0.1) is 6.04 Å². The molecule has 0 N–H and O–H groups in total. The third-order valence-corrected chi connectivity index (χ3v) is 5.56. The van der Waals surface area contributed by atoms with Crippen LogP contribution in [0.4, 0.5) is 0 Å². The summed E-state index contributed by atoms with van der Waals surface area (Å²) in [6, 6.07) is 9.64. The Hall–Kier alpha value is -2.47. The first kappa shape index (κ1) is 18.9. The highest BCUT2D eigenvalue weighted by Gasteiger charge is 2.36. The summed E-state index contributed by atoms with van der Waals surface area (Å²) in [5.74, 6) is 2.27. The van der Waals surface area contributed by atoms with Crippen molar-refractivity contribution in [2.24, 2.45) is 5.92 Å². The van der Waals surface area contributed by atoms with E-state index in [0.29, 0.717) is 24.9 Å². The van der Waals surface area contributed by atoms with Gasteiger partial charge in [-0.05, 0) is 51.2 Å². The maximum atomic E-state index is 13.1. The third-order valence-electron chi connectivity index (χ3n) is 5.56. The molecular formula is C22H27N3O3. The monoisotopic (exact) mass is 381 g/mol. The molecule has 0 radical (unpaired) electrons. The zero-order valence-electron chi connectivity index (χ0n) is 16.6. The van der Waals surface area contributed by atoms with E-state index in [-0.39, 0.29) is 17.9 Å². The summed E-state index contributed by atoms with van der Waals surface area (Å²) in [5.41, 5.74) is 1.90. The van der Waals surface area contributed by atoms with Crippen LogP contribution < -0.4 is 4.74 Å². The highest BCUT2D eigenvalue weighted by Crippen LogP contribution is 2.34. The number of aromatic nitrogens is 2. The molecule has 0 spiro atoms. The van der Waals surface area contributed by atoms with Crippen LogP contribution in [0.25, 0.3) is 0 Å². The SMILES string of the molecule is Cc1cc(Oc2ccccc2C)nc(C2CCCN2C(=O)C2CCOCC2)n1. The summed E-state index contributed by atoms with van der Waals surface area (Å²) < 4.78 is 11.4. The molecule has 3 heterocycles. The van der Waals surface area contributed by atoms with Crippen molar-refractivity contribution in [2.75, 3.05) is 19.8 Å². The zero-order valence-corrected chi connectivity index (χ0v) is 16.6. The Morgan fingerprint density at radius 3 is 2.71 bits per heavy atom. The molecule has 1 amide bonds. The van der Waals surface area contributed by atoms with Gasteiger partial charge in [0.15, 0.2) is 5.82 Å². The van der Waals surface area contributed by atoms with Gasteiger partial charge in [-0.15, -0.1) is 0 Å². The molecule has 1 atom stereocenters. The fraction of sp³-hybridized carbons (Fsp3) is 0.500. The number of para-hydroxylation sites is 1.